The van der Waals surface area contributed by atoms with E-state index in [1.54, 1.807) is 24.3 Å². The summed E-state index contributed by atoms with van der Waals surface area (Å²) < 4.78 is 5.21. The summed E-state index contributed by atoms with van der Waals surface area (Å²) in [5.74, 6) is 0.709. The second-order valence-electron chi connectivity index (χ2n) is 3.03. The molecule has 82 valence electrons. The Bertz CT molecular complexity index is 311. The Balaban J connectivity index is 2.58. The first-order valence-electron chi connectivity index (χ1n) is 4.85. The van der Waals surface area contributed by atoms with Gasteiger partial charge in [-0.15, -0.1) is 0 Å². The molecule has 1 rings (SSSR count). The number of hydrogen-bond donors (Lipinski definition) is 1. The van der Waals surface area contributed by atoms with Gasteiger partial charge < -0.3 is 10.1 Å². The van der Waals surface area contributed by atoms with Gasteiger partial charge >= 0.3 is 0 Å². The molecular weight excluding hydrogens is 258 g/mol. The molecule has 0 atom stereocenters. The van der Waals surface area contributed by atoms with Gasteiger partial charge in [-0.05, 0) is 46.6 Å². The molecule has 0 aliphatic rings. The molecule has 0 aromatic heterocycles. The van der Waals surface area contributed by atoms with E-state index in [0.717, 1.165) is 12.2 Å². The van der Waals surface area contributed by atoms with E-state index in [-0.39, 0.29) is 5.91 Å². The third-order valence-corrected chi connectivity index (χ3v) is 2.10. The lowest BCUT2D eigenvalue weighted by Gasteiger charge is -2.05. The number of carbonyl (C=O) groups is 1. The number of hydrogen-bond acceptors (Lipinski definition) is 2. The van der Waals surface area contributed by atoms with Crippen LogP contribution in [0.1, 0.15) is 23.7 Å². The first-order chi connectivity index (χ1) is 7.27. The number of nitrogens with one attached hydrogen (secondary N) is 1. The average Bonchev–Trinajstić information content (AvgIpc) is 2.27. The highest BCUT2D eigenvalue weighted by Crippen LogP contribution is 2.12. The third-order valence-electron chi connectivity index (χ3n) is 1.87. The SMILES string of the molecule is CCCNC(=O)c1ccc(OCBr)cc1. The number of ether oxygens (including phenoxy) is 1. The standard InChI is InChI=1S/C11H14BrNO2/c1-2-7-13-11(14)9-3-5-10(6-4-9)15-8-12/h3-6H,2,7-8H2,1H3,(H,13,14). The van der Waals surface area contributed by atoms with Crippen LogP contribution in [-0.4, -0.2) is 18.0 Å². The topological polar surface area (TPSA) is 38.3 Å². The summed E-state index contributed by atoms with van der Waals surface area (Å²) in [6, 6.07) is 7.07. The van der Waals surface area contributed by atoms with E-state index in [0.29, 0.717) is 17.6 Å². The number of amides is 1. The summed E-state index contributed by atoms with van der Waals surface area (Å²) in [5, 5.41) is 2.81. The largest absolute Gasteiger partial charge is 0.482 e. The second-order valence-corrected chi connectivity index (χ2v) is 3.49. The fourth-order valence-corrected chi connectivity index (χ4v) is 1.37. The van der Waals surface area contributed by atoms with Crippen molar-refractivity contribution in [3.63, 3.8) is 0 Å². The van der Waals surface area contributed by atoms with Crippen LogP contribution < -0.4 is 10.1 Å². The molecule has 0 heterocycles. The van der Waals surface area contributed by atoms with Crippen molar-refractivity contribution in [1.29, 1.82) is 0 Å². The lowest BCUT2D eigenvalue weighted by Crippen LogP contribution is -2.23. The van der Waals surface area contributed by atoms with Crippen molar-refractivity contribution in [2.24, 2.45) is 0 Å². The van der Waals surface area contributed by atoms with Crippen LogP contribution in [0.5, 0.6) is 5.75 Å². The smallest absolute Gasteiger partial charge is 0.251 e. The van der Waals surface area contributed by atoms with Gasteiger partial charge in [0.25, 0.3) is 5.91 Å². The molecule has 0 saturated heterocycles. The monoisotopic (exact) mass is 271 g/mol. The zero-order valence-electron chi connectivity index (χ0n) is 8.63. The van der Waals surface area contributed by atoms with E-state index in [1.807, 2.05) is 6.92 Å². The van der Waals surface area contributed by atoms with Crippen LogP contribution in [0.15, 0.2) is 24.3 Å². The molecule has 0 radical (unpaired) electrons. The number of benzene rings is 1. The van der Waals surface area contributed by atoms with Crippen molar-refractivity contribution >= 4 is 21.8 Å². The Morgan fingerprint density at radius 2 is 2.07 bits per heavy atom. The summed E-state index contributed by atoms with van der Waals surface area (Å²) in [7, 11) is 0. The second kappa shape index (κ2) is 6.45. The molecule has 3 nitrogen and oxygen atoms in total. The molecule has 1 aromatic carbocycles. The maximum Gasteiger partial charge on any atom is 0.251 e. The summed E-state index contributed by atoms with van der Waals surface area (Å²) >= 11 is 3.17. The molecule has 1 amide bonds. The van der Waals surface area contributed by atoms with Crippen LogP contribution in [0.2, 0.25) is 0 Å². The Morgan fingerprint density at radius 1 is 1.40 bits per heavy atom. The van der Waals surface area contributed by atoms with Crippen molar-refractivity contribution < 1.29 is 9.53 Å². The first kappa shape index (κ1) is 12.0. The fourth-order valence-electron chi connectivity index (χ4n) is 1.11. The van der Waals surface area contributed by atoms with E-state index in [2.05, 4.69) is 21.2 Å². The Morgan fingerprint density at radius 3 is 2.60 bits per heavy atom. The van der Waals surface area contributed by atoms with Gasteiger partial charge in [0.05, 0.1) is 0 Å². The molecule has 0 fully saturated rings. The highest BCUT2D eigenvalue weighted by atomic mass is 79.9. The molecule has 0 spiro atoms. The van der Waals surface area contributed by atoms with Gasteiger partial charge in [-0.2, -0.15) is 0 Å². The van der Waals surface area contributed by atoms with E-state index in [1.165, 1.54) is 0 Å². The summed E-state index contributed by atoms with van der Waals surface area (Å²) in [4.78, 5) is 11.5. The van der Waals surface area contributed by atoms with Crippen LogP contribution in [0.25, 0.3) is 0 Å². The average molecular weight is 272 g/mol. The number of alkyl halides is 1. The summed E-state index contributed by atoms with van der Waals surface area (Å²) in [6.45, 7) is 2.73. The molecule has 0 saturated carbocycles. The number of carbonyl (C=O) groups excluding carboxylic acids is 1. The van der Waals surface area contributed by atoms with Gasteiger partial charge in [0.1, 0.15) is 11.3 Å². The van der Waals surface area contributed by atoms with Crippen LogP contribution in [0.4, 0.5) is 0 Å². The number of rotatable bonds is 5. The lowest BCUT2D eigenvalue weighted by molar-refractivity contribution is 0.0953. The third kappa shape index (κ3) is 3.91. The van der Waals surface area contributed by atoms with E-state index in [4.69, 9.17) is 4.74 Å². The van der Waals surface area contributed by atoms with E-state index >= 15 is 0 Å². The van der Waals surface area contributed by atoms with Gasteiger partial charge in [-0.1, -0.05) is 6.92 Å². The van der Waals surface area contributed by atoms with Gasteiger partial charge in [-0.3, -0.25) is 4.79 Å². The van der Waals surface area contributed by atoms with Crippen molar-refractivity contribution in [2.45, 2.75) is 13.3 Å². The fraction of sp³-hybridized carbons (Fsp3) is 0.364. The van der Waals surface area contributed by atoms with Crippen molar-refractivity contribution in [2.75, 3.05) is 12.1 Å². The van der Waals surface area contributed by atoms with E-state index in [9.17, 15) is 4.79 Å². The predicted molar refractivity (Wildman–Crippen MR) is 63.5 cm³/mol. The van der Waals surface area contributed by atoms with E-state index < -0.39 is 0 Å². The minimum Gasteiger partial charge on any atom is -0.482 e. The predicted octanol–water partition coefficient (Wildman–Crippen LogP) is 2.56. The zero-order valence-corrected chi connectivity index (χ0v) is 10.2. The highest BCUT2D eigenvalue weighted by molar-refractivity contribution is 9.09. The van der Waals surface area contributed by atoms with Gasteiger partial charge in [-0.25, -0.2) is 0 Å². The molecule has 0 unspecified atom stereocenters. The zero-order chi connectivity index (χ0) is 11.1. The summed E-state index contributed by atoms with van der Waals surface area (Å²) in [6.07, 6.45) is 0.941. The van der Waals surface area contributed by atoms with Crippen molar-refractivity contribution in [1.82, 2.24) is 5.32 Å². The quantitative estimate of drug-likeness (QED) is 0.836. The van der Waals surface area contributed by atoms with Gasteiger partial charge in [0.2, 0.25) is 0 Å². The Hall–Kier alpha value is -1.03. The Labute approximate surface area is 97.9 Å². The minimum atomic E-state index is -0.0396. The maximum absolute atomic E-state index is 11.5. The Kier molecular flexibility index (Phi) is 5.18. The number of halogens is 1. The van der Waals surface area contributed by atoms with Crippen LogP contribution >= 0.6 is 15.9 Å². The molecule has 1 N–H and O–H groups in total. The molecule has 0 aliphatic heterocycles. The first-order valence-corrected chi connectivity index (χ1v) is 5.97. The normalized spacial score (nSPS) is 9.73. The molecule has 0 aliphatic carbocycles. The van der Waals surface area contributed by atoms with Crippen molar-refractivity contribution in [3.8, 4) is 5.75 Å². The summed E-state index contributed by atoms with van der Waals surface area (Å²) in [5.41, 5.74) is 1.11. The van der Waals surface area contributed by atoms with Crippen LogP contribution in [0, 0.1) is 0 Å². The van der Waals surface area contributed by atoms with Crippen LogP contribution in [-0.2, 0) is 0 Å². The molecule has 0 bridgehead atoms. The molecule has 15 heavy (non-hydrogen) atoms. The van der Waals surface area contributed by atoms with Gasteiger partial charge in [0.15, 0.2) is 0 Å². The maximum atomic E-state index is 11.5. The highest BCUT2D eigenvalue weighted by Gasteiger charge is 2.03. The lowest BCUT2D eigenvalue weighted by atomic mass is 10.2. The van der Waals surface area contributed by atoms with Crippen LogP contribution in [0.3, 0.4) is 0 Å². The van der Waals surface area contributed by atoms with Crippen molar-refractivity contribution in [3.05, 3.63) is 29.8 Å². The molecular formula is C11H14BrNO2. The molecule has 1 aromatic rings. The minimum absolute atomic E-state index is 0.0396. The molecule has 4 heteroatoms. The van der Waals surface area contributed by atoms with Gasteiger partial charge in [0, 0.05) is 12.1 Å².